The summed E-state index contributed by atoms with van der Waals surface area (Å²) in [5.41, 5.74) is 6.66. The number of pyridine rings is 1. The van der Waals surface area contributed by atoms with Crippen molar-refractivity contribution in [1.29, 1.82) is 0 Å². The Morgan fingerprint density at radius 2 is 1.82 bits per heavy atom. The number of halogens is 1. The maximum Gasteiger partial charge on any atom is 0.240 e. The second-order valence-electron chi connectivity index (χ2n) is 11.4. The van der Waals surface area contributed by atoms with Crippen molar-refractivity contribution >= 4 is 15.7 Å². The van der Waals surface area contributed by atoms with Gasteiger partial charge in [0.25, 0.3) is 0 Å². The van der Waals surface area contributed by atoms with Crippen LogP contribution in [-0.2, 0) is 29.4 Å². The summed E-state index contributed by atoms with van der Waals surface area (Å²) in [6.45, 7) is 3.39. The molecule has 2 aromatic carbocycles. The van der Waals surface area contributed by atoms with Crippen molar-refractivity contribution in [3.8, 4) is 0 Å². The van der Waals surface area contributed by atoms with Crippen molar-refractivity contribution in [2.24, 2.45) is 0 Å². The van der Waals surface area contributed by atoms with E-state index in [0.29, 0.717) is 12.1 Å². The molecule has 40 heavy (non-hydrogen) atoms. The van der Waals surface area contributed by atoms with E-state index in [-0.39, 0.29) is 10.9 Å². The molecule has 2 aliphatic heterocycles. The van der Waals surface area contributed by atoms with Gasteiger partial charge in [0.1, 0.15) is 5.82 Å². The predicted octanol–water partition coefficient (Wildman–Crippen LogP) is 4.19. The molecule has 3 heterocycles. The number of hydrogen-bond donors (Lipinski definition) is 2. The lowest BCUT2D eigenvalue weighted by atomic mass is 9.89. The van der Waals surface area contributed by atoms with Crippen molar-refractivity contribution in [3.63, 3.8) is 0 Å². The van der Waals surface area contributed by atoms with E-state index in [1.807, 2.05) is 12.3 Å². The quantitative estimate of drug-likeness (QED) is 0.449. The molecule has 2 N–H and O–H groups in total. The number of rotatable bonds is 7. The first-order chi connectivity index (χ1) is 19.4. The molecule has 7 nitrogen and oxygen atoms in total. The average molecular weight is 564 g/mol. The highest BCUT2D eigenvalue weighted by Crippen LogP contribution is 2.34. The number of anilines is 1. The zero-order chi connectivity index (χ0) is 27.7. The van der Waals surface area contributed by atoms with Gasteiger partial charge in [0.2, 0.25) is 10.0 Å². The van der Waals surface area contributed by atoms with Gasteiger partial charge in [-0.1, -0.05) is 18.2 Å². The summed E-state index contributed by atoms with van der Waals surface area (Å²) in [6, 6.07) is 16.4. The molecule has 0 saturated carbocycles. The molecule has 0 spiro atoms. The minimum Gasteiger partial charge on any atom is -0.371 e. The number of benzene rings is 2. The van der Waals surface area contributed by atoms with Crippen molar-refractivity contribution in [2.45, 2.75) is 68.1 Å². The molecule has 9 heteroatoms. The number of fused-ring (bicyclic) bond motifs is 2. The van der Waals surface area contributed by atoms with Crippen LogP contribution in [0, 0.1) is 5.82 Å². The van der Waals surface area contributed by atoms with E-state index >= 15 is 0 Å². The maximum absolute atomic E-state index is 13.3. The van der Waals surface area contributed by atoms with E-state index in [2.05, 4.69) is 51.2 Å². The van der Waals surface area contributed by atoms with Crippen molar-refractivity contribution in [2.75, 3.05) is 31.6 Å². The fourth-order valence-electron chi connectivity index (χ4n) is 6.65. The smallest absolute Gasteiger partial charge is 0.240 e. The zero-order valence-electron chi connectivity index (χ0n) is 23.0. The third kappa shape index (κ3) is 5.79. The van der Waals surface area contributed by atoms with E-state index in [4.69, 9.17) is 4.98 Å². The van der Waals surface area contributed by atoms with Crippen LogP contribution >= 0.6 is 0 Å². The summed E-state index contributed by atoms with van der Waals surface area (Å²) < 4.78 is 41.7. The lowest BCUT2D eigenvalue weighted by Gasteiger charge is -2.39. The van der Waals surface area contributed by atoms with Crippen LogP contribution in [0.15, 0.2) is 65.7 Å². The molecule has 0 bridgehead atoms. The van der Waals surface area contributed by atoms with Gasteiger partial charge in [-0.05, 0) is 98.7 Å². The van der Waals surface area contributed by atoms with Gasteiger partial charge in [-0.15, -0.1) is 0 Å². The molecule has 1 aliphatic carbocycles. The molecule has 3 aliphatic rings. The molecule has 1 fully saturated rings. The largest absolute Gasteiger partial charge is 0.371 e. The number of aromatic nitrogens is 1. The van der Waals surface area contributed by atoms with Gasteiger partial charge in [-0.2, -0.15) is 0 Å². The van der Waals surface area contributed by atoms with Crippen LogP contribution in [0.2, 0.25) is 0 Å². The number of nitrogens with zero attached hydrogens (tertiary/aromatic N) is 3. The van der Waals surface area contributed by atoms with Gasteiger partial charge in [0, 0.05) is 50.1 Å². The number of piperidine rings is 1. The molecule has 2 atom stereocenters. The lowest BCUT2D eigenvalue weighted by Crippen LogP contribution is -2.47. The second-order valence-corrected chi connectivity index (χ2v) is 13.1. The van der Waals surface area contributed by atoms with Gasteiger partial charge in [-0.3, -0.25) is 9.88 Å². The minimum atomic E-state index is -3.67. The van der Waals surface area contributed by atoms with E-state index < -0.39 is 15.8 Å². The van der Waals surface area contributed by atoms with Crippen LogP contribution in [0.25, 0.3) is 0 Å². The lowest BCUT2D eigenvalue weighted by molar-refractivity contribution is 0.191. The molecule has 6 rings (SSSR count). The van der Waals surface area contributed by atoms with Crippen molar-refractivity contribution < 1.29 is 12.8 Å². The van der Waals surface area contributed by atoms with Gasteiger partial charge in [0.05, 0.1) is 16.6 Å². The Hall–Kier alpha value is -2.85. The van der Waals surface area contributed by atoms with Gasteiger partial charge in [-0.25, -0.2) is 17.5 Å². The van der Waals surface area contributed by atoms with Crippen LogP contribution in [0.3, 0.4) is 0 Å². The molecule has 0 radical (unpaired) electrons. The van der Waals surface area contributed by atoms with E-state index in [9.17, 15) is 12.8 Å². The van der Waals surface area contributed by atoms with Crippen molar-refractivity contribution in [3.05, 3.63) is 89.0 Å². The monoisotopic (exact) mass is 563 g/mol. The second kappa shape index (κ2) is 11.6. The summed E-state index contributed by atoms with van der Waals surface area (Å²) in [4.78, 5) is 9.74. The Morgan fingerprint density at radius 1 is 1.05 bits per heavy atom. The fraction of sp³-hybridized carbons (Fsp3) is 0.452. The Kier molecular flexibility index (Phi) is 7.90. The minimum absolute atomic E-state index is 0.101. The summed E-state index contributed by atoms with van der Waals surface area (Å²) in [6.07, 6.45) is 7.81. The van der Waals surface area contributed by atoms with E-state index in [1.165, 1.54) is 58.8 Å². The molecule has 3 aromatic rings. The highest BCUT2D eigenvalue weighted by Gasteiger charge is 2.30. The highest BCUT2D eigenvalue weighted by atomic mass is 32.2. The maximum atomic E-state index is 13.3. The third-order valence-electron chi connectivity index (χ3n) is 8.77. The summed E-state index contributed by atoms with van der Waals surface area (Å²) in [5, 5.41) is 3.77. The Labute approximate surface area is 236 Å². The third-order valence-corrected chi connectivity index (χ3v) is 10.3. The summed E-state index contributed by atoms with van der Waals surface area (Å²) in [5.74, 6) is -0.445. The normalized spacial score (nSPS) is 21.7. The Balaban J connectivity index is 1.09. The predicted molar refractivity (Wildman–Crippen MR) is 155 cm³/mol. The van der Waals surface area contributed by atoms with Gasteiger partial charge < -0.3 is 10.2 Å². The first kappa shape index (κ1) is 27.3. The summed E-state index contributed by atoms with van der Waals surface area (Å²) in [7, 11) is -1.44. The molecule has 1 saturated heterocycles. The number of likely N-dealkylation sites (N-methyl/N-ethyl adjacent to an activating group) is 1. The van der Waals surface area contributed by atoms with Crippen LogP contribution in [0.4, 0.5) is 10.1 Å². The van der Waals surface area contributed by atoms with Crippen LogP contribution in [-0.4, -0.2) is 57.1 Å². The van der Waals surface area contributed by atoms with Crippen molar-refractivity contribution in [1.82, 2.24) is 19.9 Å². The van der Waals surface area contributed by atoms with E-state index in [0.717, 1.165) is 58.3 Å². The van der Waals surface area contributed by atoms with Gasteiger partial charge in [0.15, 0.2) is 0 Å². The SMILES string of the molecule is CN(C[C@@H]1Cc2c(cccc2N2CCC(NS(=O)(=O)c3ccc(F)cc3)CC2)CN1)[C@H]1CCCc2cccnc21. The van der Waals surface area contributed by atoms with Crippen LogP contribution < -0.4 is 14.9 Å². The standard InChI is InChI=1S/C31H38FN5O2S/c1-36(30-9-2-5-22-7-4-16-33-31(22)30)21-26-19-28-23(20-34-26)6-3-8-29(28)37-17-14-25(15-18-37)35-40(38,39)27-12-10-24(32)11-13-27/h3-4,6-8,10-13,16,25-26,30,34-35H,2,5,9,14-15,17-21H2,1H3/t26-,30-/m0/s1. The Bertz CT molecular complexity index is 1440. The first-order valence-corrected chi connectivity index (χ1v) is 15.9. The van der Waals surface area contributed by atoms with E-state index in [1.54, 1.807) is 0 Å². The highest BCUT2D eigenvalue weighted by molar-refractivity contribution is 7.89. The molecular formula is C31H38FN5O2S. The summed E-state index contributed by atoms with van der Waals surface area (Å²) >= 11 is 0. The molecule has 0 unspecified atom stereocenters. The fourth-order valence-corrected chi connectivity index (χ4v) is 7.95. The molecular weight excluding hydrogens is 525 g/mol. The molecule has 0 amide bonds. The zero-order valence-corrected chi connectivity index (χ0v) is 23.8. The molecule has 1 aromatic heterocycles. The number of nitrogens with one attached hydrogen (secondary N) is 2. The van der Waals surface area contributed by atoms with Gasteiger partial charge >= 0.3 is 0 Å². The number of sulfonamides is 1. The topological polar surface area (TPSA) is 77.6 Å². The number of aryl methyl sites for hydroxylation is 1. The first-order valence-electron chi connectivity index (χ1n) is 14.4. The average Bonchev–Trinajstić information content (AvgIpc) is 2.97. The van der Waals surface area contributed by atoms with Crippen LogP contribution in [0.5, 0.6) is 0 Å². The Morgan fingerprint density at radius 3 is 2.62 bits per heavy atom. The molecule has 212 valence electrons. The number of hydrogen-bond acceptors (Lipinski definition) is 6. The van der Waals surface area contributed by atoms with Crippen LogP contribution in [0.1, 0.15) is 54.1 Å².